The van der Waals surface area contributed by atoms with Gasteiger partial charge in [-0.15, -0.1) is 11.3 Å². The lowest BCUT2D eigenvalue weighted by Gasteiger charge is -2.13. The molecule has 2 amide bonds. The molecule has 0 bridgehead atoms. The first-order valence-electron chi connectivity index (χ1n) is 5.55. The fourth-order valence-electron chi connectivity index (χ4n) is 1.44. The number of thiazole rings is 1. The number of aryl methyl sites for hydroxylation is 1. The van der Waals surface area contributed by atoms with Crippen molar-refractivity contribution in [1.82, 2.24) is 25.5 Å². The summed E-state index contributed by atoms with van der Waals surface area (Å²) < 4.78 is 0. The average Bonchev–Trinajstić information content (AvgIpc) is 2.97. The summed E-state index contributed by atoms with van der Waals surface area (Å²) in [6.07, 6.45) is 2.35. The lowest BCUT2D eigenvalue weighted by Crippen LogP contribution is -2.32. The van der Waals surface area contributed by atoms with Gasteiger partial charge in [0.05, 0.1) is 6.04 Å². The van der Waals surface area contributed by atoms with E-state index in [4.69, 9.17) is 0 Å². The number of hydrogen-bond acceptors (Lipinski definition) is 5. The Morgan fingerprint density at radius 1 is 1.61 bits per heavy atom. The highest BCUT2D eigenvalue weighted by molar-refractivity contribution is 7.13. The number of aromatic nitrogens is 4. The maximum atomic E-state index is 11.7. The first-order chi connectivity index (χ1) is 8.69. The van der Waals surface area contributed by atoms with E-state index in [1.54, 1.807) is 11.6 Å². The number of carbonyl (C=O) groups excluding carboxylic acids is 1. The van der Waals surface area contributed by atoms with Crippen molar-refractivity contribution in [3.05, 3.63) is 23.2 Å². The lowest BCUT2D eigenvalue weighted by molar-refractivity contribution is 0.247. The molecule has 1 unspecified atom stereocenters. The fourth-order valence-corrected chi connectivity index (χ4v) is 1.97. The third-order valence-electron chi connectivity index (χ3n) is 2.29. The Morgan fingerprint density at radius 2 is 2.44 bits per heavy atom. The van der Waals surface area contributed by atoms with Crippen molar-refractivity contribution >= 4 is 22.5 Å². The Hall–Kier alpha value is -1.96. The third-order valence-corrected chi connectivity index (χ3v) is 2.98. The van der Waals surface area contributed by atoms with Gasteiger partial charge in [-0.1, -0.05) is 6.92 Å². The zero-order valence-electron chi connectivity index (χ0n) is 10.1. The van der Waals surface area contributed by atoms with Crippen molar-refractivity contribution < 1.29 is 4.79 Å². The standard InChI is InChI=1S/C10H14N6OS/c1-3-7(8-12-6(2)15-16-8)13-9(17)14-10-11-4-5-18-10/h4-5,7H,3H2,1-2H3,(H,12,15,16)(H2,11,13,14,17). The quantitative estimate of drug-likeness (QED) is 0.786. The van der Waals surface area contributed by atoms with Crippen LogP contribution in [0.3, 0.4) is 0 Å². The molecule has 3 N–H and O–H groups in total. The second-order valence-corrected chi connectivity index (χ2v) is 4.57. The Bertz CT molecular complexity index is 508. The van der Waals surface area contributed by atoms with E-state index in [0.717, 1.165) is 5.82 Å². The molecule has 0 aliphatic rings. The largest absolute Gasteiger partial charge is 0.328 e. The van der Waals surface area contributed by atoms with E-state index in [1.807, 2.05) is 13.8 Å². The Labute approximate surface area is 108 Å². The highest BCUT2D eigenvalue weighted by atomic mass is 32.1. The highest BCUT2D eigenvalue weighted by Gasteiger charge is 2.17. The van der Waals surface area contributed by atoms with E-state index in [-0.39, 0.29) is 12.1 Å². The van der Waals surface area contributed by atoms with Gasteiger partial charge in [-0.3, -0.25) is 10.4 Å². The van der Waals surface area contributed by atoms with Crippen molar-refractivity contribution in [2.24, 2.45) is 0 Å². The molecule has 8 heteroatoms. The Kier molecular flexibility index (Phi) is 3.88. The monoisotopic (exact) mass is 266 g/mol. The van der Waals surface area contributed by atoms with E-state index in [1.165, 1.54) is 11.3 Å². The van der Waals surface area contributed by atoms with E-state index in [2.05, 4.69) is 30.8 Å². The minimum atomic E-state index is -0.306. The van der Waals surface area contributed by atoms with Gasteiger partial charge in [0.25, 0.3) is 0 Å². The number of carbonyl (C=O) groups is 1. The van der Waals surface area contributed by atoms with Crippen LogP contribution in [0.1, 0.15) is 31.0 Å². The van der Waals surface area contributed by atoms with Crippen molar-refractivity contribution in [1.29, 1.82) is 0 Å². The van der Waals surface area contributed by atoms with Crippen molar-refractivity contribution in [3.8, 4) is 0 Å². The number of aromatic amines is 1. The molecular weight excluding hydrogens is 252 g/mol. The molecule has 96 valence electrons. The summed E-state index contributed by atoms with van der Waals surface area (Å²) in [7, 11) is 0. The van der Waals surface area contributed by atoms with Crippen LogP contribution in [0.4, 0.5) is 9.93 Å². The van der Waals surface area contributed by atoms with Gasteiger partial charge >= 0.3 is 6.03 Å². The summed E-state index contributed by atoms with van der Waals surface area (Å²) in [6.45, 7) is 3.78. The molecule has 7 nitrogen and oxygen atoms in total. The number of urea groups is 1. The first-order valence-corrected chi connectivity index (χ1v) is 6.43. The molecule has 1 atom stereocenters. The van der Waals surface area contributed by atoms with Crippen molar-refractivity contribution in [2.75, 3.05) is 5.32 Å². The second-order valence-electron chi connectivity index (χ2n) is 3.68. The average molecular weight is 266 g/mol. The number of nitrogens with one attached hydrogen (secondary N) is 3. The van der Waals surface area contributed by atoms with Crippen LogP contribution in [0.25, 0.3) is 0 Å². The minimum absolute atomic E-state index is 0.213. The number of nitrogens with zero attached hydrogens (tertiary/aromatic N) is 3. The fraction of sp³-hybridized carbons (Fsp3) is 0.400. The van der Waals surface area contributed by atoms with Crippen molar-refractivity contribution in [3.63, 3.8) is 0 Å². The van der Waals surface area contributed by atoms with Gasteiger partial charge in [0, 0.05) is 11.6 Å². The number of H-pyrrole nitrogens is 1. The Balaban J connectivity index is 1.96. The topological polar surface area (TPSA) is 95.6 Å². The normalized spacial score (nSPS) is 12.1. The smallest absolute Gasteiger partial charge is 0.321 e. The summed E-state index contributed by atoms with van der Waals surface area (Å²) in [5, 5.41) is 14.6. The molecule has 2 aromatic rings. The van der Waals surface area contributed by atoms with Gasteiger partial charge in [-0.05, 0) is 13.3 Å². The molecule has 0 aliphatic carbocycles. The zero-order chi connectivity index (χ0) is 13.0. The van der Waals surface area contributed by atoms with Gasteiger partial charge in [-0.25, -0.2) is 14.8 Å². The summed E-state index contributed by atoms with van der Waals surface area (Å²) >= 11 is 1.37. The molecule has 2 heterocycles. The first kappa shape index (κ1) is 12.5. The molecule has 0 aliphatic heterocycles. The van der Waals surface area contributed by atoms with Crippen LogP contribution < -0.4 is 10.6 Å². The predicted octanol–water partition coefficient (Wildman–Crippen LogP) is 1.84. The maximum absolute atomic E-state index is 11.7. The minimum Gasteiger partial charge on any atom is -0.328 e. The molecule has 0 radical (unpaired) electrons. The van der Waals surface area contributed by atoms with Crippen LogP contribution in [0, 0.1) is 6.92 Å². The van der Waals surface area contributed by atoms with Gasteiger partial charge in [0.2, 0.25) is 0 Å². The molecule has 2 rings (SSSR count). The van der Waals surface area contributed by atoms with Crippen LogP contribution in [-0.4, -0.2) is 26.2 Å². The van der Waals surface area contributed by atoms with E-state index in [0.29, 0.717) is 17.4 Å². The van der Waals surface area contributed by atoms with Gasteiger partial charge in [0.1, 0.15) is 5.82 Å². The molecule has 0 aromatic carbocycles. The molecule has 0 spiro atoms. The van der Waals surface area contributed by atoms with Gasteiger partial charge in [0.15, 0.2) is 11.0 Å². The van der Waals surface area contributed by atoms with Crippen LogP contribution in [0.5, 0.6) is 0 Å². The van der Waals surface area contributed by atoms with Gasteiger partial charge in [-0.2, -0.15) is 5.10 Å². The maximum Gasteiger partial charge on any atom is 0.321 e. The third kappa shape index (κ3) is 3.04. The van der Waals surface area contributed by atoms with Crippen LogP contribution in [-0.2, 0) is 0 Å². The van der Waals surface area contributed by atoms with Crippen LogP contribution in [0.15, 0.2) is 11.6 Å². The number of rotatable bonds is 4. The lowest BCUT2D eigenvalue weighted by atomic mass is 10.2. The van der Waals surface area contributed by atoms with Crippen LogP contribution in [0.2, 0.25) is 0 Å². The van der Waals surface area contributed by atoms with Gasteiger partial charge < -0.3 is 5.32 Å². The number of anilines is 1. The molecule has 0 saturated heterocycles. The molecule has 0 fully saturated rings. The SMILES string of the molecule is CCC(NC(=O)Nc1nccs1)c1n[nH]c(C)n1. The van der Waals surface area contributed by atoms with E-state index >= 15 is 0 Å². The summed E-state index contributed by atoms with van der Waals surface area (Å²) in [6, 6.07) is -0.519. The number of amides is 2. The zero-order valence-corrected chi connectivity index (χ0v) is 10.9. The highest BCUT2D eigenvalue weighted by Crippen LogP contribution is 2.13. The Morgan fingerprint density at radius 3 is 3.00 bits per heavy atom. The van der Waals surface area contributed by atoms with Crippen molar-refractivity contribution in [2.45, 2.75) is 26.3 Å². The molecule has 18 heavy (non-hydrogen) atoms. The molecule has 0 saturated carbocycles. The van der Waals surface area contributed by atoms with E-state index in [9.17, 15) is 4.79 Å². The summed E-state index contributed by atoms with van der Waals surface area (Å²) in [5.41, 5.74) is 0. The summed E-state index contributed by atoms with van der Waals surface area (Å²) in [5.74, 6) is 1.31. The molecular formula is C10H14N6OS. The number of hydrogen-bond donors (Lipinski definition) is 3. The van der Waals surface area contributed by atoms with Crippen LogP contribution >= 0.6 is 11.3 Å². The summed E-state index contributed by atoms with van der Waals surface area (Å²) in [4.78, 5) is 19.9. The second kappa shape index (κ2) is 5.58. The predicted molar refractivity (Wildman–Crippen MR) is 68.4 cm³/mol. The van der Waals surface area contributed by atoms with E-state index < -0.39 is 0 Å². The molecule has 2 aromatic heterocycles.